The molecule has 1 unspecified atom stereocenters. The molecule has 3 heterocycles. The van der Waals surface area contributed by atoms with E-state index in [-0.39, 0.29) is 35.0 Å². The summed E-state index contributed by atoms with van der Waals surface area (Å²) in [6.07, 6.45) is 4.72. The first-order valence-electron chi connectivity index (χ1n) is 14.0. The number of aliphatic hydroxyl groups excluding tert-OH is 1. The average Bonchev–Trinajstić information content (AvgIpc) is 3.60. The molecule has 1 saturated carbocycles. The van der Waals surface area contributed by atoms with E-state index in [9.17, 15) is 23.5 Å². The Kier molecular flexibility index (Phi) is 8.38. The summed E-state index contributed by atoms with van der Waals surface area (Å²) in [6.45, 7) is 4.23. The first-order valence-corrected chi connectivity index (χ1v) is 14.0. The molecule has 0 radical (unpaired) electrons. The van der Waals surface area contributed by atoms with Crippen LogP contribution in [0.3, 0.4) is 0 Å². The van der Waals surface area contributed by atoms with Crippen LogP contribution in [0.25, 0.3) is 16.9 Å². The normalized spacial score (nSPS) is 16.8. The molecule has 1 atom stereocenters. The summed E-state index contributed by atoms with van der Waals surface area (Å²) in [5, 5.41) is 13.6. The number of methoxy groups -OCH3 is 1. The Bertz CT molecular complexity index is 1460. The molecule has 1 aromatic carbocycles. The van der Waals surface area contributed by atoms with Crippen LogP contribution < -0.4 is 14.8 Å². The molecule has 226 valence electrons. The largest absolute Gasteiger partial charge is 0.496 e. The van der Waals surface area contributed by atoms with Crippen LogP contribution in [0, 0.1) is 5.92 Å². The number of likely N-dealkylation sites (tertiary alicyclic amines) is 1. The third-order valence-electron chi connectivity index (χ3n) is 7.28. The van der Waals surface area contributed by atoms with E-state index < -0.39 is 24.2 Å². The number of imidazole rings is 1. The number of esters is 1. The fraction of sp³-hybridized carbons (Fsp3) is 0.500. The molecule has 2 N–H and O–H groups in total. The predicted molar refractivity (Wildman–Crippen MR) is 150 cm³/mol. The van der Waals surface area contributed by atoms with E-state index in [1.165, 1.54) is 13.2 Å². The highest BCUT2D eigenvalue weighted by Gasteiger charge is 2.35. The number of pyridine rings is 1. The third-order valence-corrected chi connectivity index (χ3v) is 7.28. The highest BCUT2D eigenvalue weighted by molar-refractivity contribution is 6.01. The zero-order chi connectivity index (χ0) is 30.2. The minimum Gasteiger partial charge on any atom is -0.496 e. The SMILES string of the molecule is COc1cc(-c2cnc3cc(C(O)CCN4CC(C(=O)OC(C)(C)C)C4)ccn23)cc(OC(F)F)c1C(=O)NC1CC1. The van der Waals surface area contributed by atoms with Crippen LogP contribution in [0.2, 0.25) is 0 Å². The Morgan fingerprint density at radius 2 is 1.88 bits per heavy atom. The number of alkyl halides is 2. The summed E-state index contributed by atoms with van der Waals surface area (Å²) in [5.74, 6) is -1.07. The van der Waals surface area contributed by atoms with Crippen LogP contribution in [0.4, 0.5) is 8.78 Å². The average molecular weight is 587 g/mol. The molecule has 42 heavy (non-hydrogen) atoms. The van der Waals surface area contributed by atoms with E-state index in [1.807, 2.05) is 20.8 Å². The number of ether oxygens (including phenoxy) is 3. The van der Waals surface area contributed by atoms with Gasteiger partial charge in [-0.25, -0.2) is 4.98 Å². The van der Waals surface area contributed by atoms with E-state index in [4.69, 9.17) is 14.2 Å². The molecule has 12 heteroatoms. The fourth-order valence-electron chi connectivity index (χ4n) is 4.97. The summed E-state index contributed by atoms with van der Waals surface area (Å²) < 4.78 is 44.0. The number of halogens is 2. The first kappa shape index (κ1) is 29.7. The Balaban J connectivity index is 1.29. The number of carbonyl (C=O) groups is 2. The lowest BCUT2D eigenvalue weighted by atomic mass is 9.98. The topological polar surface area (TPSA) is 115 Å². The second-order valence-electron chi connectivity index (χ2n) is 11.8. The number of amides is 1. The van der Waals surface area contributed by atoms with Crippen molar-refractivity contribution in [3.63, 3.8) is 0 Å². The maximum absolute atomic E-state index is 13.3. The van der Waals surface area contributed by atoms with E-state index in [0.29, 0.717) is 48.5 Å². The Labute approximate surface area is 242 Å². The third kappa shape index (κ3) is 6.81. The molecular formula is C30H36F2N4O6. The number of benzene rings is 1. The molecule has 1 aliphatic heterocycles. The van der Waals surface area contributed by atoms with Crippen molar-refractivity contribution in [1.82, 2.24) is 19.6 Å². The number of hydrogen-bond acceptors (Lipinski definition) is 8. The smallest absolute Gasteiger partial charge is 0.387 e. The lowest BCUT2D eigenvalue weighted by Gasteiger charge is -2.39. The van der Waals surface area contributed by atoms with Crippen LogP contribution in [0.1, 0.15) is 62.1 Å². The van der Waals surface area contributed by atoms with Gasteiger partial charge >= 0.3 is 12.6 Å². The van der Waals surface area contributed by atoms with Gasteiger partial charge in [0.1, 0.15) is 28.3 Å². The van der Waals surface area contributed by atoms with Crippen molar-refractivity contribution in [1.29, 1.82) is 0 Å². The zero-order valence-corrected chi connectivity index (χ0v) is 24.1. The van der Waals surface area contributed by atoms with Gasteiger partial charge in [0.15, 0.2) is 0 Å². The second kappa shape index (κ2) is 11.8. The molecule has 1 aliphatic carbocycles. The summed E-state index contributed by atoms with van der Waals surface area (Å²) in [7, 11) is 1.36. The first-order chi connectivity index (χ1) is 19.9. The predicted octanol–water partition coefficient (Wildman–Crippen LogP) is 4.20. The van der Waals surface area contributed by atoms with Gasteiger partial charge in [0.05, 0.1) is 31.0 Å². The van der Waals surface area contributed by atoms with E-state index in [1.54, 1.807) is 35.0 Å². The highest BCUT2D eigenvalue weighted by atomic mass is 19.3. The van der Waals surface area contributed by atoms with Gasteiger partial charge in [-0.3, -0.25) is 14.0 Å². The van der Waals surface area contributed by atoms with Gasteiger partial charge in [-0.15, -0.1) is 0 Å². The second-order valence-corrected chi connectivity index (χ2v) is 11.8. The molecule has 1 saturated heterocycles. The van der Waals surface area contributed by atoms with Gasteiger partial charge in [0, 0.05) is 37.4 Å². The van der Waals surface area contributed by atoms with Gasteiger partial charge in [0.25, 0.3) is 5.91 Å². The van der Waals surface area contributed by atoms with Crippen molar-refractivity contribution < 1.29 is 37.7 Å². The van der Waals surface area contributed by atoms with Crippen LogP contribution in [0.5, 0.6) is 11.5 Å². The lowest BCUT2D eigenvalue weighted by molar-refractivity contribution is -0.166. The van der Waals surface area contributed by atoms with Crippen LogP contribution in [0.15, 0.2) is 36.7 Å². The van der Waals surface area contributed by atoms with Crippen molar-refractivity contribution in [2.24, 2.45) is 5.92 Å². The number of fused-ring (bicyclic) bond motifs is 1. The molecule has 2 aliphatic rings. The molecule has 1 amide bonds. The van der Waals surface area contributed by atoms with Crippen molar-refractivity contribution >= 4 is 17.5 Å². The quantitative estimate of drug-likeness (QED) is 0.322. The molecule has 3 aromatic rings. The molecule has 0 bridgehead atoms. The standard InChI is InChI=1S/C30H36F2N4O6/c1-30(2,3)42-28(39)19-15-35(16-19)9-8-22(37)17-7-10-36-21(14-33-25(36)13-17)18-11-23(40-4)26(24(12-18)41-29(31)32)27(38)34-20-5-6-20/h7,10-14,19-20,22,29,37H,5-6,8-9,15-16H2,1-4H3,(H,34,38). The number of rotatable bonds is 11. The molecule has 2 fully saturated rings. The van der Waals surface area contributed by atoms with Gasteiger partial charge < -0.3 is 29.5 Å². The molecular weight excluding hydrogens is 550 g/mol. The lowest BCUT2D eigenvalue weighted by Crippen LogP contribution is -2.52. The minimum atomic E-state index is -3.14. The van der Waals surface area contributed by atoms with Crippen LogP contribution in [-0.4, -0.2) is 76.3 Å². The van der Waals surface area contributed by atoms with Crippen molar-refractivity contribution in [2.45, 2.75) is 64.4 Å². The molecule has 2 aromatic heterocycles. The van der Waals surface area contributed by atoms with Crippen molar-refractivity contribution in [3.05, 3.63) is 47.8 Å². The monoisotopic (exact) mass is 586 g/mol. The van der Waals surface area contributed by atoms with E-state index in [2.05, 4.69) is 15.2 Å². The number of nitrogens with one attached hydrogen (secondary N) is 1. The van der Waals surface area contributed by atoms with E-state index >= 15 is 0 Å². The van der Waals surface area contributed by atoms with Crippen molar-refractivity contribution in [2.75, 3.05) is 26.7 Å². The van der Waals surface area contributed by atoms with Crippen molar-refractivity contribution in [3.8, 4) is 22.8 Å². The highest BCUT2D eigenvalue weighted by Crippen LogP contribution is 2.37. The fourth-order valence-corrected chi connectivity index (χ4v) is 4.97. The van der Waals surface area contributed by atoms with E-state index in [0.717, 1.165) is 12.8 Å². The van der Waals surface area contributed by atoms with Gasteiger partial charge in [0.2, 0.25) is 0 Å². The van der Waals surface area contributed by atoms with Gasteiger partial charge in [-0.2, -0.15) is 8.78 Å². The van der Waals surface area contributed by atoms with Crippen LogP contribution in [-0.2, 0) is 9.53 Å². The number of hydrogen-bond donors (Lipinski definition) is 2. The summed E-state index contributed by atoms with van der Waals surface area (Å²) in [4.78, 5) is 31.6. The maximum atomic E-state index is 13.3. The molecule has 10 nitrogen and oxygen atoms in total. The number of nitrogens with zero attached hydrogens (tertiary/aromatic N) is 3. The number of aliphatic hydroxyl groups is 1. The maximum Gasteiger partial charge on any atom is 0.387 e. The Hall–Kier alpha value is -3.77. The summed E-state index contributed by atoms with van der Waals surface area (Å²) in [6, 6.07) is 6.52. The number of aromatic nitrogens is 2. The number of carbonyl (C=O) groups excluding carboxylic acids is 2. The Morgan fingerprint density at radius 1 is 1.17 bits per heavy atom. The minimum absolute atomic E-state index is 0.0182. The van der Waals surface area contributed by atoms with Gasteiger partial charge in [-0.05, 0) is 69.9 Å². The van der Waals surface area contributed by atoms with Gasteiger partial charge in [-0.1, -0.05) is 0 Å². The molecule has 5 rings (SSSR count). The Morgan fingerprint density at radius 3 is 2.52 bits per heavy atom. The van der Waals surface area contributed by atoms with Crippen LogP contribution >= 0.6 is 0 Å². The summed E-state index contributed by atoms with van der Waals surface area (Å²) >= 11 is 0. The summed E-state index contributed by atoms with van der Waals surface area (Å²) in [5.41, 5.74) is 1.64. The zero-order valence-electron chi connectivity index (χ0n) is 24.1. The molecule has 0 spiro atoms.